The molecule has 1 aliphatic carbocycles. The Morgan fingerprint density at radius 3 is 2.65 bits per heavy atom. The summed E-state index contributed by atoms with van der Waals surface area (Å²) in [6.07, 6.45) is 2.53. The maximum Gasteiger partial charge on any atom is 0.127 e. The Labute approximate surface area is 126 Å². The number of benzene rings is 1. The fourth-order valence-electron chi connectivity index (χ4n) is 3.66. The summed E-state index contributed by atoms with van der Waals surface area (Å²) in [5.41, 5.74) is 3.66. The van der Waals surface area contributed by atoms with Crippen molar-refractivity contribution in [3.8, 4) is 0 Å². The fraction of sp³-hybridized carbons (Fsp3) is 0.588. The Kier molecular flexibility index (Phi) is 3.53. The summed E-state index contributed by atoms with van der Waals surface area (Å²) in [4.78, 5) is 4.81. The third-order valence-electron chi connectivity index (χ3n) is 5.05. The average molecular weight is 291 g/mol. The Bertz CT molecular complexity index is 629. The molecule has 108 valence electrons. The zero-order chi connectivity index (χ0) is 14.4. The summed E-state index contributed by atoms with van der Waals surface area (Å²) in [6.45, 7) is 8.93. The molecule has 1 aromatic heterocycles. The second kappa shape index (κ2) is 5.07. The molecule has 1 saturated carbocycles. The van der Waals surface area contributed by atoms with Gasteiger partial charge in [0.15, 0.2) is 0 Å². The molecule has 3 rings (SSSR count). The van der Waals surface area contributed by atoms with Crippen LogP contribution in [0.4, 0.5) is 0 Å². The lowest BCUT2D eigenvalue weighted by molar-refractivity contribution is 0.352. The van der Waals surface area contributed by atoms with Gasteiger partial charge in [-0.15, -0.1) is 11.6 Å². The van der Waals surface area contributed by atoms with Crippen LogP contribution in [-0.4, -0.2) is 9.55 Å². The van der Waals surface area contributed by atoms with Gasteiger partial charge in [0.2, 0.25) is 0 Å². The van der Waals surface area contributed by atoms with Crippen LogP contribution < -0.4 is 0 Å². The van der Waals surface area contributed by atoms with Gasteiger partial charge in [-0.25, -0.2) is 4.98 Å². The van der Waals surface area contributed by atoms with Crippen LogP contribution in [0, 0.1) is 18.8 Å². The summed E-state index contributed by atoms with van der Waals surface area (Å²) in [5, 5.41) is -0.0510. The van der Waals surface area contributed by atoms with E-state index in [0.717, 1.165) is 17.3 Å². The smallest absolute Gasteiger partial charge is 0.127 e. The van der Waals surface area contributed by atoms with E-state index in [2.05, 4.69) is 43.5 Å². The Hall–Kier alpha value is -1.02. The number of para-hydroxylation sites is 1. The number of aryl methyl sites for hydroxylation is 1. The van der Waals surface area contributed by atoms with E-state index in [1.807, 2.05) is 6.92 Å². The minimum absolute atomic E-state index is 0.0510. The van der Waals surface area contributed by atoms with E-state index in [0.29, 0.717) is 12.0 Å². The van der Waals surface area contributed by atoms with E-state index in [-0.39, 0.29) is 5.38 Å². The molecule has 2 nitrogen and oxygen atoms in total. The minimum atomic E-state index is -0.0510. The minimum Gasteiger partial charge on any atom is -0.323 e. The number of halogens is 1. The van der Waals surface area contributed by atoms with E-state index in [1.54, 1.807) is 0 Å². The first kappa shape index (κ1) is 13.9. The zero-order valence-corrected chi connectivity index (χ0v) is 13.5. The van der Waals surface area contributed by atoms with Crippen LogP contribution in [-0.2, 0) is 0 Å². The number of fused-ring (bicyclic) bond motifs is 1. The highest BCUT2D eigenvalue weighted by Crippen LogP contribution is 2.43. The highest BCUT2D eigenvalue weighted by Gasteiger charge is 2.34. The third-order valence-corrected chi connectivity index (χ3v) is 5.24. The third kappa shape index (κ3) is 2.05. The predicted octanol–water partition coefficient (Wildman–Crippen LogP) is 5.25. The lowest BCUT2D eigenvalue weighted by Gasteiger charge is -2.24. The van der Waals surface area contributed by atoms with Gasteiger partial charge in [-0.05, 0) is 50.2 Å². The van der Waals surface area contributed by atoms with Gasteiger partial charge in [-0.3, -0.25) is 0 Å². The molecular weight excluding hydrogens is 268 g/mol. The average Bonchev–Trinajstić information content (AvgIpc) is 2.93. The van der Waals surface area contributed by atoms with Crippen LogP contribution in [0.15, 0.2) is 18.2 Å². The van der Waals surface area contributed by atoms with Crippen LogP contribution in [0.1, 0.15) is 56.4 Å². The Morgan fingerprint density at radius 1 is 1.30 bits per heavy atom. The van der Waals surface area contributed by atoms with E-state index in [9.17, 15) is 0 Å². The summed E-state index contributed by atoms with van der Waals surface area (Å²) < 4.78 is 2.44. The lowest BCUT2D eigenvalue weighted by atomic mass is 9.97. The molecule has 0 N–H and O–H groups in total. The molecular formula is C17H23ClN2. The van der Waals surface area contributed by atoms with Crippen molar-refractivity contribution in [2.75, 3.05) is 0 Å². The number of rotatable bonds is 2. The first-order valence-electron chi connectivity index (χ1n) is 7.62. The number of aromatic nitrogens is 2. The van der Waals surface area contributed by atoms with Gasteiger partial charge in [0.1, 0.15) is 5.82 Å². The molecule has 1 heterocycles. The van der Waals surface area contributed by atoms with Crippen molar-refractivity contribution in [2.45, 2.75) is 52.0 Å². The Balaban J connectivity index is 2.24. The molecule has 3 heteroatoms. The van der Waals surface area contributed by atoms with E-state index >= 15 is 0 Å². The molecule has 2 aromatic rings. The van der Waals surface area contributed by atoms with Gasteiger partial charge >= 0.3 is 0 Å². The van der Waals surface area contributed by atoms with E-state index in [1.165, 1.54) is 23.9 Å². The van der Waals surface area contributed by atoms with Crippen LogP contribution in [0.2, 0.25) is 0 Å². The number of hydrogen-bond acceptors (Lipinski definition) is 1. The van der Waals surface area contributed by atoms with Crippen LogP contribution in [0.3, 0.4) is 0 Å². The highest BCUT2D eigenvalue weighted by molar-refractivity contribution is 6.20. The molecule has 0 spiro atoms. The van der Waals surface area contributed by atoms with Gasteiger partial charge in [-0.1, -0.05) is 26.0 Å². The summed E-state index contributed by atoms with van der Waals surface area (Å²) in [7, 11) is 0. The topological polar surface area (TPSA) is 17.8 Å². The van der Waals surface area contributed by atoms with Gasteiger partial charge in [-0.2, -0.15) is 0 Å². The number of imidazole rings is 1. The molecule has 0 amide bonds. The van der Waals surface area contributed by atoms with Gasteiger partial charge in [0.25, 0.3) is 0 Å². The molecule has 0 radical (unpaired) electrons. The maximum atomic E-state index is 6.41. The summed E-state index contributed by atoms with van der Waals surface area (Å²) in [6, 6.07) is 6.89. The van der Waals surface area contributed by atoms with Crippen molar-refractivity contribution in [1.82, 2.24) is 9.55 Å². The van der Waals surface area contributed by atoms with Crippen molar-refractivity contribution in [3.05, 3.63) is 29.6 Å². The number of alkyl halides is 1. The zero-order valence-electron chi connectivity index (χ0n) is 12.7. The molecule has 1 aromatic carbocycles. The standard InChI is InChI=1S/C17H23ClN2/c1-10-8-9-15(12(10)3)20-16-11(2)6-5-7-14(16)19-17(20)13(4)18/h5-7,10,12-13,15H,8-9H2,1-4H3. The van der Waals surface area contributed by atoms with E-state index in [4.69, 9.17) is 16.6 Å². The second-order valence-electron chi connectivity index (χ2n) is 6.38. The summed E-state index contributed by atoms with van der Waals surface area (Å²) in [5.74, 6) is 2.49. The van der Waals surface area contributed by atoms with Crippen molar-refractivity contribution in [3.63, 3.8) is 0 Å². The van der Waals surface area contributed by atoms with Crippen LogP contribution in [0.25, 0.3) is 11.0 Å². The normalized spacial score (nSPS) is 28.1. The molecule has 4 unspecified atom stereocenters. The maximum absolute atomic E-state index is 6.41. The van der Waals surface area contributed by atoms with Crippen LogP contribution >= 0.6 is 11.6 Å². The van der Waals surface area contributed by atoms with Crippen LogP contribution in [0.5, 0.6) is 0 Å². The fourth-order valence-corrected chi connectivity index (χ4v) is 3.81. The van der Waals surface area contributed by atoms with Crippen molar-refractivity contribution < 1.29 is 0 Å². The van der Waals surface area contributed by atoms with Crippen molar-refractivity contribution in [2.24, 2.45) is 11.8 Å². The SMILES string of the molecule is Cc1cccc2nc(C(C)Cl)n(C3CCC(C)C3C)c12. The number of hydrogen-bond donors (Lipinski definition) is 0. The monoisotopic (exact) mass is 290 g/mol. The Morgan fingerprint density at radius 2 is 2.05 bits per heavy atom. The van der Waals surface area contributed by atoms with Gasteiger partial charge < -0.3 is 4.57 Å². The molecule has 0 aliphatic heterocycles. The van der Waals surface area contributed by atoms with Crippen molar-refractivity contribution >= 4 is 22.6 Å². The largest absolute Gasteiger partial charge is 0.323 e. The molecule has 4 atom stereocenters. The first-order valence-corrected chi connectivity index (χ1v) is 8.06. The summed E-state index contributed by atoms with van der Waals surface area (Å²) >= 11 is 6.41. The van der Waals surface area contributed by atoms with Gasteiger partial charge in [0, 0.05) is 6.04 Å². The van der Waals surface area contributed by atoms with Crippen molar-refractivity contribution in [1.29, 1.82) is 0 Å². The molecule has 1 fully saturated rings. The molecule has 0 bridgehead atoms. The lowest BCUT2D eigenvalue weighted by Crippen LogP contribution is -2.17. The highest BCUT2D eigenvalue weighted by atomic mass is 35.5. The number of nitrogens with zero attached hydrogens (tertiary/aromatic N) is 2. The molecule has 20 heavy (non-hydrogen) atoms. The quantitative estimate of drug-likeness (QED) is 0.691. The first-order chi connectivity index (χ1) is 9.50. The second-order valence-corrected chi connectivity index (χ2v) is 7.03. The van der Waals surface area contributed by atoms with E-state index < -0.39 is 0 Å². The molecule has 0 saturated heterocycles. The predicted molar refractivity (Wildman–Crippen MR) is 85.3 cm³/mol. The molecule has 1 aliphatic rings. The van der Waals surface area contributed by atoms with Gasteiger partial charge in [0.05, 0.1) is 16.4 Å².